The van der Waals surface area contributed by atoms with Gasteiger partial charge in [0.1, 0.15) is 0 Å². The molecule has 0 fully saturated rings. The van der Waals surface area contributed by atoms with Crippen molar-refractivity contribution in [1.82, 2.24) is 19.6 Å². The molecular formula is C18H42N4O3. The first-order chi connectivity index (χ1) is 12.0. The van der Waals surface area contributed by atoms with Crippen molar-refractivity contribution in [2.24, 2.45) is 0 Å². The Bertz CT molecular complexity index is 242. The van der Waals surface area contributed by atoms with Crippen LogP contribution in [0, 0.1) is 0 Å². The molecule has 0 aromatic heterocycles. The Labute approximate surface area is 155 Å². The molecule has 0 aliphatic heterocycles. The predicted molar refractivity (Wildman–Crippen MR) is 105 cm³/mol. The van der Waals surface area contributed by atoms with Gasteiger partial charge in [-0.05, 0) is 21.1 Å². The lowest BCUT2D eigenvalue weighted by Gasteiger charge is -2.29. The van der Waals surface area contributed by atoms with Crippen LogP contribution in [0.5, 0.6) is 0 Å². The third kappa shape index (κ3) is 15.7. The van der Waals surface area contributed by atoms with Gasteiger partial charge >= 0.3 is 0 Å². The molecule has 0 atom stereocenters. The van der Waals surface area contributed by atoms with Crippen molar-refractivity contribution in [3.05, 3.63) is 0 Å². The zero-order valence-electron chi connectivity index (χ0n) is 17.5. The van der Waals surface area contributed by atoms with Gasteiger partial charge < -0.3 is 28.9 Å². The maximum atomic E-state index is 5.16. The minimum Gasteiger partial charge on any atom is -0.383 e. The highest BCUT2D eigenvalue weighted by molar-refractivity contribution is 4.66. The van der Waals surface area contributed by atoms with Crippen molar-refractivity contribution in [1.29, 1.82) is 0 Å². The van der Waals surface area contributed by atoms with Crippen molar-refractivity contribution >= 4 is 0 Å². The zero-order chi connectivity index (χ0) is 18.9. The summed E-state index contributed by atoms with van der Waals surface area (Å²) in [5.74, 6) is 0. The molecule has 0 bridgehead atoms. The average molecular weight is 363 g/mol. The van der Waals surface area contributed by atoms with E-state index in [0.717, 1.165) is 78.7 Å². The Morgan fingerprint density at radius 3 is 0.960 bits per heavy atom. The van der Waals surface area contributed by atoms with Crippen molar-refractivity contribution in [3.8, 4) is 0 Å². The fourth-order valence-electron chi connectivity index (χ4n) is 2.35. The summed E-state index contributed by atoms with van der Waals surface area (Å²) in [6, 6.07) is 0. The molecule has 0 aromatic carbocycles. The number of hydrogen-bond donors (Lipinski definition) is 0. The van der Waals surface area contributed by atoms with Crippen LogP contribution in [0.3, 0.4) is 0 Å². The summed E-state index contributed by atoms with van der Waals surface area (Å²) in [6.45, 7) is 11.7. The lowest BCUT2D eigenvalue weighted by molar-refractivity contribution is 0.127. The molecule has 0 radical (unpaired) electrons. The largest absolute Gasteiger partial charge is 0.383 e. The molecule has 0 heterocycles. The fourth-order valence-corrected chi connectivity index (χ4v) is 2.35. The average Bonchev–Trinajstić information content (AvgIpc) is 2.61. The van der Waals surface area contributed by atoms with E-state index in [2.05, 4.69) is 40.7 Å². The van der Waals surface area contributed by atoms with Gasteiger partial charge in [-0.3, -0.25) is 4.90 Å². The highest BCUT2D eigenvalue weighted by atomic mass is 16.5. The molecule has 0 spiro atoms. The third-order valence-electron chi connectivity index (χ3n) is 4.43. The Morgan fingerprint density at radius 2 is 0.720 bits per heavy atom. The van der Waals surface area contributed by atoms with Gasteiger partial charge in [0.15, 0.2) is 0 Å². The van der Waals surface area contributed by atoms with Crippen molar-refractivity contribution < 1.29 is 14.2 Å². The number of hydrogen-bond acceptors (Lipinski definition) is 7. The summed E-state index contributed by atoms with van der Waals surface area (Å²) < 4.78 is 15.5. The second-order valence-corrected chi connectivity index (χ2v) is 6.73. The number of likely N-dealkylation sites (N-methyl/N-ethyl adjacent to an activating group) is 3. The van der Waals surface area contributed by atoms with E-state index in [1.807, 2.05) is 0 Å². The molecule has 0 rings (SSSR count). The molecule has 0 N–H and O–H groups in total. The fraction of sp³-hybridized carbons (Fsp3) is 1.00. The van der Waals surface area contributed by atoms with E-state index in [1.165, 1.54) is 0 Å². The highest BCUT2D eigenvalue weighted by Gasteiger charge is 2.10. The van der Waals surface area contributed by atoms with Crippen LogP contribution in [0.2, 0.25) is 0 Å². The summed E-state index contributed by atoms with van der Waals surface area (Å²) in [4.78, 5) is 9.55. The van der Waals surface area contributed by atoms with Gasteiger partial charge in [-0.2, -0.15) is 0 Å². The molecule has 0 aromatic rings. The van der Waals surface area contributed by atoms with Crippen LogP contribution in [-0.4, -0.2) is 141 Å². The van der Waals surface area contributed by atoms with Crippen LogP contribution in [0.4, 0.5) is 0 Å². The summed E-state index contributed by atoms with van der Waals surface area (Å²) in [7, 11) is 11.7. The zero-order valence-corrected chi connectivity index (χ0v) is 17.5. The Hall–Kier alpha value is -0.280. The van der Waals surface area contributed by atoms with E-state index in [1.54, 1.807) is 21.3 Å². The van der Waals surface area contributed by atoms with Gasteiger partial charge in [-0.15, -0.1) is 0 Å². The van der Waals surface area contributed by atoms with Crippen LogP contribution in [0.25, 0.3) is 0 Å². The molecule has 0 unspecified atom stereocenters. The number of methoxy groups -OCH3 is 3. The highest BCUT2D eigenvalue weighted by Crippen LogP contribution is 1.95. The lowest BCUT2D eigenvalue weighted by atomic mass is 10.3. The van der Waals surface area contributed by atoms with Crippen LogP contribution in [-0.2, 0) is 14.2 Å². The van der Waals surface area contributed by atoms with E-state index in [0.29, 0.717) is 0 Å². The molecule has 0 amide bonds. The third-order valence-corrected chi connectivity index (χ3v) is 4.43. The molecule has 0 aliphatic carbocycles. The first kappa shape index (κ1) is 24.7. The van der Waals surface area contributed by atoms with Crippen LogP contribution in [0.15, 0.2) is 0 Å². The van der Waals surface area contributed by atoms with Gasteiger partial charge in [0.2, 0.25) is 0 Å². The van der Waals surface area contributed by atoms with Crippen LogP contribution in [0.1, 0.15) is 0 Å². The van der Waals surface area contributed by atoms with Crippen LogP contribution < -0.4 is 0 Å². The number of rotatable bonds is 18. The maximum Gasteiger partial charge on any atom is 0.0589 e. The van der Waals surface area contributed by atoms with Crippen LogP contribution >= 0.6 is 0 Å². The van der Waals surface area contributed by atoms with Gasteiger partial charge in [0.25, 0.3) is 0 Å². The van der Waals surface area contributed by atoms with Crippen molar-refractivity contribution in [2.75, 3.05) is 121 Å². The SMILES string of the molecule is COCCN(C)CCN(CCN(C)CCOC)CCN(C)CCOC. The molecule has 0 saturated carbocycles. The molecular weight excluding hydrogens is 320 g/mol. The van der Waals surface area contributed by atoms with E-state index in [9.17, 15) is 0 Å². The molecule has 152 valence electrons. The number of ether oxygens (including phenoxy) is 3. The maximum absolute atomic E-state index is 5.16. The molecule has 7 nitrogen and oxygen atoms in total. The van der Waals surface area contributed by atoms with Gasteiger partial charge in [-0.1, -0.05) is 0 Å². The Morgan fingerprint density at radius 1 is 0.440 bits per heavy atom. The second kappa shape index (κ2) is 17.1. The van der Waals surface area contributed by atoms with Gasteiger partial charge in [0, 0.05) is 80.2 Å². The summed E-state index contributed by atoms with van der Waals surface area (Å²) in [5, 5.41) is 0. The second-order valence-electron chi connectivity index (χ2n) is 6.73. The molecule has 25 heavy (non-hydrogen) atoms. The van der Waals surface area contributed by atoms with Crippen molar-refractivity contribution in [2.45, 2.75) is 0 Å². The van der Waals surface area contributed by atoms with Crippen molar-refractivity contribution in [3.63, 3.8) is 0 Å². The topological polar surface area (TPSA) is 40.7 Å². The minimum atomic E-state index is 0.788. The lowest BCUT2D eigenvalue weighted by Crippen LogP contribution is -2.42. The predicted octanol–water partition coefficient (Wildman–Crippen LogP) is 0.0230. The van der Waals surface area contributed by atoms with Gasteiger partial charge in [0.05, 0.1) is 19.8 Å². The molecule has 7 heteroatoms. The van der Waals surface area contributed by atoms with Gasteiger partial charge in [-0.25, -0.2) is 0 Å². The molecule has 0 aliphatic rings. The standard InChI is InChI=1S/C18H42N4O3/c1-19(13-16-23-4)7-10-22(11-8-20(2)14-17-24-5)12-9-21(3)15-18-25-6/h7-18H2,1-6H3. The van der Waals surface area contributed by atoms with E-state index >= 15 is 0 Å². The Kier molecular flexibility index (Phi) is 17.0. The summed E-state index contributed by atoms with van der Waals surface area (Å²) in [5.41, 5.74) is 0. The van der Waals surface area contributed by atoms with E-state index in [-0.39, 0.29) is 0 Å². The Balaban J connectivity index is 4.24. The first-order valence-corrected chi connectivity index (χ1v) is 9.28. The smallest absolute Gasteiger partial charge is 0.0589 e. The summed E-state index contributed by atoms with van der Waals surface area (Å²) in [6.07, 6.45) is 0. The van der Waals surface area contributed by atoms with E-state index in [4.69, 9.17) is 14.2 Å². The monoisotopic (exact) mass is 362 g/mol. The molecule has 0 saturated heterocycles. The van der Waals surface area contributed by atoms with E-state index < -0.39 is 0 Å². The normalized spacial score (nSPS) is 12.2. The number of nitrogens with zero attached hydrogens (tertiary/aromatic N) is 4. The minimum absolute atomic E-state index is 0.788. The quantitative estimate of drug-likeness (QED) is 0.340. The summed E-state index contributed by atoms with van der Waals surface area (Å²) >= 11 is 0. The first-order valence-electron chi connectivity index (χ1n) is 9.28.